The second-order valence-electron chi connectivity index (χ2n) is 4.83. The molecule has 3 aromatic heterocycles. The minimum absolute atomic E-state index is 0.562. The number of aryl methyl sites for hydroxylation is 2. The fourth-order valence-electron chi connectivity index (χ4n) is 2.08. The molecule has 8 heteroatoms. The van der Waals surface area contributed by atoms with Gasteiger partial charge in [-0.1, -0.05) is 6.08 Å². The molecule has 0 N–H and O–H groups in total. The Hall–Kier alpha value is -2.61. The minimum atomic E-state index is 0.562. The van der Waals surface area contributed by atoms with Gasteiger partial charge >= 0.3 is 0 Å². The van der Waals surface area contributed by atoms with E-state index in [1.165, 1.54) is 11.8 Å². The summed E-state index contributed by atoms with van der Waals surface area (Å²) in [6.07, 6.45) is 6.69. The van der Waals surface area contributed by atoms with Gasteiger partial charge in [0.1, 0.15) is 5.69 Å². The Morgan fingerprint density at radius 1 is 1.17 bits per heavy atom. The third-order valence-electron chi connectivity index (χ3n) is 2.97. The lowest BCUT2D eigenvalue weighted by Gasteiger charge is -2.07. The number of allylic oxidation sites excluding steroid dienone is 1. The van der Waals surface area contributed by atoms with Gasteiger partial charge in [-0.2, -0.15) is 0 Å². The third kappa shape index (κ3) is 3.42. The molecule has 0 radical (unpaired) electrons. The number of rotatable bonds is 5. The fraction of sp³-hybridized carbons (Fsp3) is 0.200. The molecule has 3 rings (SSSR count). The van der Waals surface area contributed by atoms with Gasteiger partial charge in [-0.15, -0.1) is 16.8 Å². The molecular weight excluding hydrogens is 310 g/mol. The Labute approximate surface area is 138 Å². The highest BCUT2D eigenvalue weighted by Crippen LogP contribution is 2.27. The van der Waals surface area contributed by atoms with Gasteiger partial charge in [0, 0.05) is 30.3 Å². The fourth-order valence-corrected chi connectivity index (χ4v) is 2.98. The molecule has 0 unspecified atom stereocenters. The van der Waals surface area contributed by atoms with Crippen molar-refractivity contribution < 1.29 is 0 Å². The minimum Gasteiger partial charge on any atom is -0.296 e. The molecule has 0 amide bonds. The predicted octanol–water partition coefficient (Wildman–Crippen LogP) is 2.48. The van der Waals surface area contributed by atoms with Gasteiger partial charge in [0.2, 0.25) is 0 Å². The molecule has 0 aliphatic carbocycles. The van der Waals surface area contributed by atoms with Gasteiger partial charge in [0.05, 0.1) is 6.20 Å². The third-order valence-corrected chi connectivity index (χ3v) is 3.81. The van der Waals surface area contributed by atoms with Gasteiger partial charge in [0.25, 0.3) is 0 Å². The molecule has 7 nitrogen and oxygen atoms in total. The van der Waals surface area contributed by atoms with Crippen LogP contribution in [0.1, 0.15) is 11.4 Å². The summed E-state index contributed by atoms with van der Waals surface area (Å²) < 4.78 is 1.92. The van der Waals surface area contributed by atoms with Crippen LogP contribution in [0.2, 0.25) is 0 Å². The molecule has 0 spiro atoms. The number of hydrogen-bond donors (Lipinski definition) is 0. The van der Waals surface area contributed by atoms with E-state index in [1.807, 2.05) is 24.5 Å². The van der Waals surface area contributed by atoms with Crippen LogP contribution in [0.25, 0.3) is 11.5 Å². The van der Waals surface area contributed by atoms with Crippen molar-refractivity contribution in [3.05, 3.63) is 48.7 Å². The van der Waals surface area contributed by atoms with Crippen LogP contribution in [-0.2, 0) is 6.54 Å². The molecule has 0 saturated carbocycles. The van der Waals surface area contributed by atoms with Gasteiger partial charge < -0.3 is 0 Å². The highest BCUT2D eigenvalue weighted by atomic mass is 32.2. The highest BCUT2D eigenvalue weighted by molar-refractivity contribution is 7.99. The molecule has 0 aromatic carbocycles. The number of aromatic nitrogens is 7. The van der Waals surface area contributed by atoms with E-state index in [0.29, 0.717) is 28.4 Å². The van der Waals surface area contributed by atoms with Crippen LogP contribution in [0.15, 0.2) is 47.6 Å². The monoisotopic (exact) mass is 325 g/mol. The van der Waals surface area contributed by atoms with Crippen LogP contribution in [0.5, 0.6) is 0 Å². The first kappa shape index (κ1) is 15.3. The van der Waals surface area contributed by atoms with Crippen molar-refractivity contribution in [1.29, 1.82) is 0 Å². The van der Waals surface area contributed by atoms with Crippen molar-refractivity contribution in [2.45, 2.75) is 30.7 Å². The summed E-state index contributed by atoms with van der Waals surface area (Å²) in [6.45, 7) is 8.24. The SMILES string of the molecule is C=CCn1c(Sc2nc(C)cc(C)n2)nnc1-c1cnccn1. The Morgan fingerprint density at radius 2 is 1.96 bits per heavy atom. The Bertz CT molecular complexity index is 809. The lowest BCUT2D eigenvalue weighted by Crippen LogP contribution is -2.02. The van der Waals surface area contributed by atoms with Crippen molar-refractivity contribution in [1.82, 2.24) is 34.7 Å². The summed E-state index contributed by atoms with van der Waals surface area (Å²) in [5.74, 6) is 0.643. The zero-order valence-electron chi connectivity index (χ0n) is 12.8. The average molecular weight is 325 g/mol. The average Bonchev–Trinajstić information content (AvgIpc) is 2.90. The number of nitrogens with zero attached hydrogens (tertiary/aromatic N) is 7. The summed E-state index contributed by atoms with van der Waals surface area (Å²) in [5.41, 5.74) is 2.50. The Kier molecular flexibility index (Phi) is 4.42. The van der Waals surface area contributed by atoms with E-state index in [1.54, 1.807) is 24.7 Å². The van der Waals surface area contributed by atoms with E-state index in [-0.39, 0.29) is 0 Å². The van der Waals surface area contributed by atoms with Crippen molar-refractivity contribution in [3.8, 4) is 11.5 Å². The van der Waals surface area contributed by atoms with Crippen LogP contribution < -0.4 is 0 Å². The Morgan fingerprint density at radius 3 is 2.61 bits per heavy atom. The molecule has 0 bridgehead atoms. The maximum absolute atomic E-state index is 4.43. The molecular formula is C15H15N7S. The van der Waals surface area contributed by atoms with E-state index < -0.39 is 0 Å². The van der Waals surface area contributed by atoms with Gasteiger partial charge in [-0.25, -0.2) is 15.0 Å². The molecule has 0 aliphatic heterocycles. The lowest BCUT2D eigenvalue weighted by molar-refractivity contribution is 0.726. The summed E-state index contributed by atoms with van der Waals surface area (Å²) in [6, 6.07) is 1.93. The van der Waals surface area contributed by atoms with E-state index >= 15 is 0 Å². The summed E-state index contributed by atoms with van der Waals surface area (Å²) in [7, 11) is 0. The molecule has 3 heterocycles. The summed E-state index contributed by atoms with van der Waals surface area (Å²) >= 11 is 1.37. The first-order chi connectivity index (χ1) is 11.2. The molecule has 0 saturated heterocycles. The predicted molar refractivity (Wildman–Crippen MR) is 86.9 cm³/mol. The second-order valence-corrected chi connectivity index (χ2v) is 5.77. The van der Waals surface area contributed by atoms with Gasteiger partial charge in [-0.3, -0.25) is 9.55 Å². The summed E-state index contributed by atoms with van der Waals surface area (Å²) in [4.78, 5) is 17.2. The molecule has 0 aliphatic rings. The van der Waals surface area contributed by atoms with E-state index in [2.05, 4.69) is 36.7 Å². The van der Waals surface area contributed by atoms with Crippen molar-refractivity contribution in [3.63, 3.8) is 0 Å². The topological polar surface area (TPSA) is 82.3 Å². The molecule has 0 fully saturated rings. The van der Waals surface area contributed by atoms with Crippen LogP contribution >= 0.6 is 11.8 Å². The molecule has 23 heavy (non-hydrogen) atoms. The largest absolute Gasteiger partial charge is 0.296 e. The highest BCUT2D eigenvalue weighted by Gasteiger charge is 2.16. The van der Waals surface area contributed by atoms with Crippen molar-refractivity contribution in [2.24, 2.45) is 0 Å². The maximum Gasteiger partial charge on any atom is 0.199 e. The second kappa shape index (κ2) is 6.66. The quantitative estimate of drug-likeness (QED) is 0.526. The first-order valence-corrected chi connectivity index (χ1v) is 7.79. The smallest absolute Gasteiger partial charge is 0.199 e. The van der Waals surface area contributed by atoms with Crippen molar-refractivity contribution in [2.75, 3.05) is 0 Å². The first-order valence-electron chi connectivity index (χ1n) is 6.98. The van der Waals surface area contributed by atoms with Crippen molar-refractivity contribution >= 4 is 11.8 Å². The van der Waals surface area contributed by atoms with E-state index in [0.717, 1.165) is 11.4 Å². The Balaban J connectivity index is 1.99. The maximum atomic E-state index is 4.43. The van der Waals surface area contributed by atoms with Crippen LogP contribution in [-0.4, -0.2) is 34.7 Å². The molecule has 3 aromatic rings. The number of hydrogen-bond acceptors (Lipinski definition) is 7. The van der Waals surface area contributed by atoms with E-state index in [9.17, 15) is 0 Å². The summed E-state index contributed by atoms with van der Waals surface area (Å²) in [5, 5.41) is 9.81. The zero-order chi connectivity index (χ0) is 16.2. The standard InChI is InChI=1S/C15H15N7S/c1-4-7-22-13(12-9-16-5-6-17-12)20-21-15(22)23-14-18-10(2)8-11(3)19-14/h4-6,8-9H,1,7H2,2-3H3. The van der Waals surface area contributed by atoms with Gasteiger partial charge in [-0.05, 0) is 31.7 Å². The van der Waals surface area contributed by atoms with Crippen LogP contribution in [0.3, 0.4) is 0 Å². The van der Waals surface area contributed by atoms with E-state index in [4.69, 9.17) is 0 Å². The molecule has 116 valence electrons. The zero-order valence-corrected chi connectivity index (χ0v) is 13.7. The van der Waals surface area contributed by atoms with Crippen LogP contribution in [0.4, 0.5) is 0 Å². The lowest BCUT2D eigenvalue weighted by atomic mass is 10.4. The van der Waals surface area contributed by atoms with Gasteiger partial charge in [0.15, 0.2) is 16.1 Å². The van der Waals surface area contributed by atoms with Crippen LogP contribution in [0, 0.1) is 13.8 Å². The molecule has 0 atom stereocenters. The normalized spacial score (nSPS) is 10.7.